The van der Waals surface area contributed by atoms with Crippen molar-refractivity contribution < 1.29 is 9.53 Å². The number of ether oxygens (including phenoxy) is 1. The van der Waals surface area contributed by atoms with Gasteiger partial charge in [0.15, 0.2) is 0 Å². The van der Waals surface area contributed by atoms with Crippen LogP contribution < -0.4 is 10.6 Å². The van der Waals surface area contributed by atoms with Gasteiger partial charge >= 0.3 is 0 Å². The first-order chi connectivity index (χ1) is 10.7. The molecule has 1 unspecified atom stereocenters. The first-order valence-corrected chi connectivity index (χ1v) is 7.44. The van der Waals surface area contributed by atoms with Crippen LogP contribution in [-0.4, -0.2) is 41.5 Å². The smallest absolute Gasteiger partial charge is 0.255 e. The van der Waals surface area contributed by atoms with Gasteiger partial charge in [0.05, 0.1) is 18.8 Å². The number of anilines is 1. The molecule has 3 rings (SSSR count). The molecule has 1 atom stereocenters. The molecule has 2 aromatic rings. The summed E-state index contributed by atoms with van der Waals surface area (Å²) in [5.41, 5.74) is 2.01. The van der Waals surface area contributed by atoms with Crippen molar-refractivity contribution in [2.24, 2.45) is 0 Å². The number of aryl methyl sites for hydroxylation is 1. The van der Waals surface area contributed by atoms with Crippen LogP contribution in [0.4, 0.5) is 5.82 Å². The molecule has 0 radical (unpaired) electrons. The van der Waals surface area contributed by atoms with E-state index in [0.717, 1.165) is 17.8 Å². The number of carbonyl (C=O) groups excluding carboxylic acids is 1. The predicted molar refractivity (Wildman–Crippen MR) is 83.7 cm³/mol. The minimum Gasteiger partial charge on any atom is -0.366 e. The quantitative estimate of drug-likeness (QED) is 0.889. The van der Waals surface area contributed by atoms with E-state index >= 15 is 0 Å². The molecule has 6 heteroatoms. The lowest BCUT2D eigenvalue weighted by molar-refractivity contribution is -0.128. The minimum atomic E-state index is -0.450. The van der Waals surface area contributed by atoms with Crippen LogP contribution in [0.15, 0.2) is 36.4 Å². The van der Waals surface area contributed by atoms with Gasteiger partial charge in [-0.15, -0.1) is 0 Å². The Labute approximate surface area is 129 Å². The van der Waals surface area contributed by atoms with E-state index in [0.29, 0.717) is 25.5 Å². The number of hydrogen-bond donors (Lipinski definition) is 2. The third-order valence-electron chi connectivity index (χ3n) is 3.55. The summed E-state index contributed by atoms with van der Waals surface area (Å²) in [6.45, 7) is 4.41. The van der Waals surface area contributed by atoms with Gasteiger partial charge in [-0.2, -0.15) is 5.10 Å². The molecule has 0 spiro atoms. The molecule has 1 amide bonds. The number of morpholine rings is 1. The summed E-state index contributed by atoms with van der Waals surface area (Å²) in [6, 6.07) is 11.9. The number of amides is 1. The maximum atomic E-state index is 12.3. The fourth-order valence-corrected chi connectivity index (χ4v) is 2.46. The molecule has 1 fully saturated rings. The highest BCUT2D eigenvalue weighted by Gasteiger charge is 2.23. The fourth-order valence-electron chi connectivity index (χ4n) is 2.46. The van der Waals surface area contributed by atoms with Crippen LogP contribution in [0, 0.1) is 6.92 Å². The summed E-state index contributed by atoms with van der Waals surface area (Å²) in [6.07, 6.45) is -0.450. The second-order valence-electron chi connectivity index (χ2n) is 5.37. The third-order valence-corrected chi connectivity index (χ3v) is 3.55. The van der Waals surface area contributed by atoms with E-state index in [1.807, 2.05) is 43.3 Å². The van der Waals surface area contributed by atoms with Gasteiger partial charge in [0.2, 0.25) is 0 Å². The van der Waals surface area contributed by atoms with Crippen molar-refractivity contribution in [1.29, 1.82) is 0 Å². The molecule has 2 heterocycles. The van der Waals surface area contributed by atoms with Crippen molar-refractivity contribution in [3.63, 3.8) is 0 Å². The highest BCUT2D eigenvalue weighted by Crippen LogP contribution is 2.14. The van der Waals surface area contributed by atoms with Crippen molar-refractivity contribution in [2.45, 2.75) is 19.6 Å². The molecule has 22 heavy (non-hydrogen) atoms. The zero-order valence-corrected chi connectivity index (χ0v) is 12.6. The van der Waals surface area contributed by atoms with Gasteiger partial charge in [-0.1, -0.05) is 30.3 Å². The van der Waals surface area contributed by atoms with E-state index in [1.165, 1.54) is 0 Å². The summed E-state index contributed by atoms with van der Waals surface area (Å²) in [4.78, 5) is 12.3. The number of nitrogens with zero attached hydrogens (tertiary/aromatic N) is 2. The minimum absolute atomic E-state index is 0.138. The standard InChI is InChI=1S/C16H20N4O2/c1-12-9-15(18-16(21)14-10-17-7-8-22-14)20(19-12)11-13-5-3-2-4-6-13/h2-6,9,14,17H,7-8,10-11H2,1H3,(H,18,21). The maximum absolute atomic E-state index is 12.3. The van der Waals surface area contributed by atoms with E-state index < -0.39 is 6.10 Å². The Balaban J connectivity index is 1.72. The topological polar surface area (TPSA) is 68.2 Å². The van der Waals surface area contributed by atoms with Crippen molar-refractivity contribution in [3.8, 4) is 0 Å². The molecular weight excluding hydrogens is 280 g/mol. The molecule has 1 aromatic heterocycles. The van der Waals surface area contributed by atoms with E-state index in [9.17, 15) is 4.79 Å². The Hall–Kier alpha value is -2.18. The normalized spacial score (nSPS) is 18.1. The van der Waals surface area contributed by atoms with Crippen LogP contribution in [0.2, 0.25) is 0 Å². The van der Waals surface area contributed by atoms with Gasteiger partial charge < -0.3 is 15.4 Å². The van der Waals surface area contributed by atoms with Crippen molar-refractivity contribution >= 4 is 11.7 Å². The monoisotopic (exact) mass is 300 g/mol. The van der Waals surface area contributed by atoms with Gasteiger partial charge in [-0.05, 0) is 12.5 Å². The molecule has 1 aromatic carbocycles. The second-order valence-corrected chi connectivity index (χ2v) is 5.37. The number of rotatable bonds is 4. The maximum Gasteiger partial charge on any atom is 0.255 e. The summed E-state index contributed by atoms with van der Waals surface area (Å²) in [7, 11) is 0. The average Bonchev–Trinajstić information content (AvgIpc) is 2.88. The lowest BCUT2D eigenvalue weighted by Gasteiger charge is -2.22. The number of aromatic nitrogens is 2. The second kappa shape index (κ2) is 6.72. The van der Waals surface area contributed by atoms with Gasteiger partial charge in [0.1, 0.15) is 11.9 Å². The zero-order chi connectivity index (χ0) is 15.4. The molecule has 0 bridgehead atoms. The van der Waals surface area contributed by atoms with E-state index in [2.05, 4.69) is 15.7 Å². The molecule has 116 valence electrons. The van der Waals surface area contributed by atoms with Crippen LogP contribution in [0.5, 0.6) is 0 Å². The fraction of sp³-hybridized carbons (Fsp3) is 0.375. The van der Waals surface area contributed by atoms with Gasteiger partial charge in [-0.3, -0.25) is 4.79 Å². The van der Waals surface area contributed by atoms with E-state index in [4.69, 9.17) is 4.74 Å². The largest absolute Gasteiger partial charge is 0.366 e. The summed E-state index contributed by atoms with van der Waals surface area (Å²) >= 11 is 0. The highest BCUT2D eigenvalue weighted by atomic mass is 16.5. The van der Waals surface area contributed by atoms with Crippen LogP contribution in [0.1, 0.15) is 11.3 Å². The lowest BCUT2D eigenvalue weighted by atomic mass is 10.2. The van der Waals surface area contributed by atoms with E-state index in [1.54, 1.807) is 4.68 Å². The SMILES string of the molecule is Cc1cc(NC(=O)C2CNCCO2)n(Cc2ccccc2)n1. The average molecular weight is 300 g/mol. The summed E-state index contributed by atoms with van der Waals surface area (Å²) < 4.78 is 7.28. The predicted octanol–water partition coefficient (Wildman–Crippen LogP) is 1.17. The molecule has 6 nitrogen and oxygen atoms in total. The number of benzene rings is 1. The van der Waals surface area contributed by atoms with Gasteiger partial charge in [-0.25, -0.2) is 4.68 Å². The molecule has 0 aliphatic carbocycles. The summed E-state index contributed by atoms with van der Waals surface area (Å²) in [5.74, 6) is 0.557. The third kappa shape index (κ3) is 3.52. The Morgan fingerprint density at radius 2 is 2.27 bits per heavy atom. The lowest BCUT2D eigenvalue weighted by Crippen LogP contribution is -2.45. The Morgan fingerprint density at radius 1 is 1.45 bits per heavy atom. The van der Waals surface area contributed by atoms with Crippen LogP contribution in [0.25, 0.3) is 0 Å². The Kier molecular flexibility index (Phi) is 4.50. The first-order valence-electron chi connectivity index (χ1n) is 7.44. The van der Waals surface area contributed by atoms with Crippen LogP contribution >= 0.6 is 0 Å². The summed E-state index contributed by atoms with van der Waals surface area (Å²) in [5, 5.41) is 10.5. The zero-order valence-electron chi connectivity index (χ0n) is 12.6. The number of carbonyl (C=O) groups is 1. The highest BCUT2D eigenvalue weighted by molar-refractivity contribution is 5.93. The molecular formula is C16H20N4O2. The first kappa shape index (κ1) is 14.7. The Bertz CT molecular complexity index is 633. The van der Waals surface area contributed by atoms with Gasteiger partial charge in [0.25, 0.3) is 5.91 Å². The van der Waals surface area contributed by atoms with Crippen molar-refractivity contribution in [3.05, 3.63) is 47.7 Å². The van der Waals surface area contributed by atoms with E-state index in [-0.39, 0.29) is 5.91 Å². The van der Waals surface area contributed by atoms with Crippen LogP contribution in [-0.2, 0) is 16.1 Å². The van der Waals surface area contributed by atoms with Gasteiger partial charge in [0, 0.05) is 19.2 Å². The number of nitrogens with one attached hydrogen (secondary N) is 2. The molecule has 1 aliphatic heterocycles. The van der Waals surface area contributed by atoms with Crippen molar-refractivity contribution in [1.82, 2.24) is 15.1 Å². The molecule has 1 aliphatic rings. The Morgan fingerprint density at radius 3 is 3.00 bits per heavy atom. The van der Waals surface area contributed by atoms with Crippen molar-refractivity contribution in [2.75, 3.05) is 25.0 Å². The molecule has 0 saturated carbocycles. The number of hydrogen-bond acceptors (Lipinski definition) is 4. The molecule has 2 N–H and O–H groups in total. The van der Waals surface area contributed by atoms with Crippen LogP contribution in [0.3, 0.4) is 0 Å². The molecule has 1 saturated heterocycles.